The summed E-state index contributed by atoms with van der Waals surface area (Å²) in [5.74, 6) is -0.491. The molecule has 0 radical (unpaired) electrons. The first-order valence-electron chi connectivity index (χ1n) is 6.11. The van der Waals surface area contributed by atoms with Gasteiger partial charge in [0.05, 0.1) is 11.1 Å². The summed E-state index contributed by atoms with van der Waals surface area (Å²) < 4.78 is 38.3. The van der Waals surface area contributed by atoms with Crippen LogP contribution < -0.4 is 10.6 Å². The Balaban J connectivity index is 2.22. The van der Waals surface area contributed by atoms with E-state index in [9.17, 15) is 18.0 Å². The fourth-order valence-electron chi connectivity index (χ4n) is 2.15. The van der Waals surface area contributed by atoms with Gasteiger partial charge in [-0.05, 0) is 38.1 Å². The molecule has 3 nitrogen and oxygen atoms in total. The van der Waals surface area contributed by atoms with Crippen molar-refractivity contribution in [3.63, 3.8) is 0 Å². The normalized spacial score (nSPS) is 22.9. The van der Waals surface area contributed by atoms with E-state index in [1.165, 1.54) is 12.1 Å². The molecule has 0 saturated carbocycles. The Morgan fingerprint density at radius 3 is 2.70 bits per heavy atom. The van der Waals surface area contributed by atoms with Crippen molar-refractivity contribution in [2.75, 3.05) is 13.1 Å². The first-order valence-corrected chi connectivity index (χ1v) is 6.91. The largest absolute Gasteiger partial charge is 0.417 e. The number of hydrogen-bond donors (Lipinski definition) is 2. The quantitative estimate of drug-likeness (QED) is 0.860. The van der Waals surface area contributed by atoms with Crippen LogP contribution in [-0.4, -0.2) is 24.5 Å². The Bertz CT molecular complexity index is 525. The van der Waals surface area contributed by atoms with Crippen LogP contribution in [0.1, 0.15) is 29.3 Å². The molecule has 1 aromatic carbocycles. The molecule has 0 aromatic heterocycles. The summed E-state index contributed by atoms with van der Waals surface area (Å²) >= 11 is 2.85. The lowest BCUT2D eigenvalue weighted by Gasteiger charge is -2.24. The summed E-state index contributed by atoms with van der Waals surface area (Å²) in [6.07, 6.45) is -3.74. The monoisotopic (exact) mass is 350 g/mol. The van der Waals surface area contributed by atoms with E-state index in [1.54, 1.807) is 0 Å². The molecule has 0 bridgehead atoms. The Hall–Kier alpha value is -1.08. The van der Waals surface area contributed by atoms with Crippen LogP contribution in [0, 0.1) is 0 Å². The highest BCUT2D eigenvalue weighted by molar-refractivity contribution is 9.10. The molecular weight excluding hydrogens is 337 g/mol. The second-order valence-electron chi connectivity index (χ2n) is 5.13. The minimum absolute atomic E-state index is 0.00801. The average molecular weight is 351 g/mol. The topological polar surface area (TPSA) is 41.1 Å². The summed E-state index contributed by atoms with van der Waals surface area (Å²) in [7, 11) is 0. The number of carbonyl (C=O) groups excluding carboxylic acids is 1. The molecule has 1 aliphatic heterocycles. The number of halogens is 4. The lowest BCUT2D eigenvalue weighted by atomic mass is 10.0. The van der Waals surface area contributed by atoms with E-state index in [1.807, 2.05) is 6.92 Å². The highest BCUT2D eigenvalue weighted by Gasteiger charge is 2.35. The first-order chi connectivity index (χ1) is 9.21. The van der Waals surface area contributed by atoms with Gasteiger partial charge in [0.2, 0.25) is 0 Å². The zero-order chi connectivity index (χ0) is 15.0. The van der Waals surface area contributed by atoms with Crippen molar-refractivity contribution < 1.29 is 18.0 Å². The molecular formula is C13H14BrF3N2O. The van der Waals surface area contributed by atoms with E-state index in [0.717, 1.165) is 19.0 Å². The summed E-state index contributed by atoms with van der Waals surface area (Å²) in [6.45, 7) is 3.26. The van der Waals surface area contributed by atoms with Crippen molar-refractivity contribution in [3.05, 3.63) is 33.8 Å². The van der Waals surface area contributed by atoms with Gasteiger partial charge in [-0.1, -0.05) is 15.9 Å². The van der Waals surface area contributed by atoms with E-state index < -0.39 is 23.2 Å². The zero-order valence-corrected chi connectivity index (χ0v) is 12.4. The summed E-state index contributed by atoms with van der Waals surface area (Å²) in [5.41, 5.74) is -1.25. The smallest absolute Gasteiger partial charge is 0.346 e. The number of amides is 1. The van der Waals surface area contributed by atoms with Crippen molar-refractivity contribution >= 4 is 21.8 Å². The SMILES string of the molecule is CC1(NC(=O)c2ccc(Br)c(C(F)(F)F)c2)CCNC1. The van der Waals surface area contributed by atoms with Crippen molar-refractivity contribution in [2.45, 2.75) is 25.1 Å². The highest BCUT2D eigenvalue weighted by atomic mass is 79.9. The van der Waals surface area contributed by atoms with Crippen LogP contribution in [0.5, 0.6) is 0 Å². The molecule has 2 N–H and O–H groups in total. The minimum Gasteiger partial charge on any atom is -0.346 e. The van der Waals surface area contributed by atoms with Crippen molar-refractivity contribution in [1.82, 2.24) is 10.6 Å². The second kappa shape index (κ2) is 5.37. The molecule has 1 aliphatic rings. The minimum atomic E-state index is -4.49. The maximum absolute atomic E-state index is 12.8. The Morgan fingerprint density at radius 1 is 1.45 bits per heavy atom. The number of rotatable bonds is 2. The maximum Gasteiger partial charge on any atom is 0.417 e. The fraction of sp³-hybridized carbons (Fsp3) is 0.462. The van der Waals surface area contributed by atoms with Gasteiger partial charge in [-0.15, -0.1) is 0 Å². The molecule has 1 aromatic rings. The summed E-state index contributed by atoms with van der Waals surface area (Å²) in [4.78, 5) is 12.1. The number of nitrogens with one attached hydrogen (secondary N) is 2. The Morgan fingerprint density at radius 2 is 2.15 bits per heavy atom. The Labute approximate surface area is 123 Å². The molecule has 2 rings (SSSR count). The number of carbonyl (C=O) groups is 1. The lowest BCUT2D eigenvalue weighted by molar-refractivity contribution is -0.138. The predicted octanol–water partition coefficient (Wildman–Crippen LogP) is 2.95. The highest BCUT2D eigenvalue weighted by Crippen LogP contribution is 2.35. The zero-order valence-electron chi connectivity index (χ0n) is 10.8. The molecule has 1 amide bonds. The van der Waals surface area contributed by atoms with Crippen LogP contribution in [-0.2, 0) is 6.18 Å². The van der Waals surface area contributed by atoms with Gasteiger partial charge in [0.1, 0.15) is 0 Å². The van der Waals surface area contributed by atoms with E-state index in [2.05, 4.69) is 26.6 Å². The van der Waals surface area contributed by atoms with Gasteiger partial charge in [-0.3, -0.25) is 4.79 Å². The molecule has 0 aliphatic carbocycles. The standard InChI is InChI=1S/C13H14BrF3N2O/c1-12(4-5-18-7-12)19-11(20)8-2-3-10(14)9(6-8)13(15,16)17/h2-3,6,18H,4-5,7H2,1H3,(H,19,20). The molecule has 20 heavy (non-hydrogen) atoms. The maximum atomic E-state index is 12.8. The van der Waals surface area contributed by atoms with Crippen LogP contribution in [0.4, 0.5) is 13.2 Å². The predicted molar refractivity (Wildman–Crippen MR) is 72.5 cm³/mol. The third kappa shape index (κ3) is 3.32. The summed E-state index contributed by atoms with van der Waals surface area (Å²) in [6, 6.07) is 3.48. The van der Waals surface area contributed by atoms with Gasteiger partial charge in [-0.2, -0.15) is 13.2 Å². The number of alkyl halides is 3. The molecule has 7 heteroatoms. The van der Waals surface area contributed by atoms with Crippen LogP contribution in [0.25, 0.3) is 0 Å². The fourth-order valence-corrected chi connectivity index (χ4v) is 2.63. The lowest BCUT2D eigenvalue weighted by Crippen LogP contribution is -2.47. The summed E-state index contributed by atoms with van der Waals surface area (Å²) in [5, 5.41) is 5.90. The van der Waals surface area contributed by atoms with Gasteiger partial charge >= 0.3 is 6.18 Å². The number of hydrogen-bond acceptors (Lipinski definition) is 2. The molecule has 110 valence electrons. The first kappa shape index (κ1) is 15.3. The van der Waals surface area contributed by atoms with Crippen LogP contribution >= 0.6 is 15.9 Å². The van der Waals surface area contributed by atoms with Crippen molar-refractivity contribution in [1.29, 1.82) is 0 Å². The third-order valence-corrected chi connectivity index (χ3v) is 4.01. The molecule has 1 atom stereocenters. The van der Waals surface area contributed by atoms with Crippen molar-refractivity contribution in [3.8, 4) is 0 Å². The van der Waals surface area contributed by atoms with Crippen LogP contribution in [0.3, 0.4) is 0 Å². The van der Waals surface area contributed by atoms with Gasteiger partial charge < -0.3 is 10.6 Å². The average Bonchev–Trinajstić information content (AvgIpc) is 2.74. The van der Waals surface area contributed by atoms with E-state index in [-0.39, 0.29) is 10.0 Å². The van der Waals surface area contributed by atoms with Gasteiger partial charge in [0.15, 0.2) is 0 Å². The van der Waals surface area contributed by atoms with Gasteiger partial charge in [0, 0.05) is 16.6 Å². The van der Waals surface area contributed by atoms with E-state index >= 15 is 0 Å². The molecule has 1 heterocycles. The van der Waals surface area contributed by atoms with Gasteiger partial charge in [-0.25, -0.2) is 0 Å². The second-order valence-corrected chi connectivity index (χ2v) is 5.99. The third-order valence-electron chi connectivity index (χ3n) is 3.32. The van der Waals surface area contributed by atoms with E-state index in [4.69, 9.17) is 0 Å². The van der Waals surface area contributed by atoms with Crippen molar-refractivity contribution in [2.24, 2.45) is 0 Å². The number of benzene rings is 1. The molecule has 1 fully saturated rings. The van der Waals surface area contributed by atoms with Crippen LogP contribution in [0.2, 0.25) is 0 Å². The molecule has 1 saturated heterocycles. The van der Waals surface area contributed by atoms with Crippen LogP contribution in [0.15, 0.2) is 22.7 Å². The molecule has 1 unspecified atom stereocenters. The molecule has 0 spiro atoms. The Kier molecular flexibility index (Phi) is 4.11. The van der Waals surface area contributed by atoms with E-state index in [0.29, 0.717) is 6.54 Å². The van der Waals surface area contributed by atoms with Gasteiger partial charge in [0.25, 0.3) is 5.91 Å².